The predicted molar refractivity (Wildman–Crippen MR) is 108 cm³/mol. The van der Waals surface area contributed by atoms with Gasteiger partial charge in [0.1, 0.15) is 7.85 Å². The summed E-state index contributed by atoms with van der Waals surface area (Å²) in [4.78, 5) is 0. The van der Waals surface area contributed by atoms with Crippen LogP contribution in [0.4, 0.5) is 0 Å². The first-order valence-electron chi connectivity index (χ1n) is 8.43. The highest BCUT2D eigenvalue weighted by Gasteiger charge is 2.12. The van der Waals surface area contributed by atoms with Gasteiger partial charge in [-0.15, -0.1) is 0 Å². The van der Waals surface area contributed by atoms with Crippen LogP contribution >= 0.6 is 0 Å². The minimum Gasteiger partial charge on any atom is -0.0883 e. The van der Waals surface area contributed by atoms with Gasteiger partial charge in [0.05, 0.1) is 0 Å². The molecule has 0 aliphatic rings. The van der Waals surface area contributed by atoms with Crippen LogP contribution in [0.15, 0.2) is 103 Å². The van der Waals surface area contributed by atoms with E-state index in [1.165, 1.54) is 16.7 Å². The van der Waals surface area contributed by atoms with Gasteiger partial charge in [0, 0.05) is 0 Å². The summed E-state index contributed by atoms with van der Waals surface area (Å²) in [5.41, 5.74) is 7.72. The number of hydrogen-bond donors (Lipinski definition) is 0. The lowest BCUT2D eigenvalue weighted by Gasteiger charge is -2.16. The van der Waals surface area contributed by atoms with Crippen molar-refractivity contribution in [2.75, 3.05) is 0 Å². The first-order valence-corrected chi connectivity index (χ1v) is 8.43. The Bertz CT molecular complexity index is 974. The van der Waals surface area contributed by atoms with Crippen LogP contribution in [0.2, 0.25) is 0 Å². The van der Waals surface area contributed by atoms with Crippen molar-refractivity contribution in [2.45, 2.75) is 0 Å². The lowest BCUT2D eigenvalue weighted by molar-refractivity contribution is 1.58. The van der Waals surface area contributed by atoms with Gasteiger partial charge in [0.25, 0.3) is 0 Å². The Kier molecular flexibility index (Phi) is 4.22. The van der Waals surface area contributed by atoms with Crippen molar-refractivity contribution in [1.29, 1.82) is 0 Å². The van der Waals surface area contributed by atoms with Crippen molar-refractivity contribution in [3.05, 3.63) is 103 Å². The Hall–Kier alpha value is -3.06. The van der Waals surface area contributed by atoms with Crippen molar-refractivity contribution in [1.82, 2.24) is 0 Å². The first kappa shape index (κ1) is 15.5. The lowest BCUT2D eigenvalue weighted by atomic mass is 9.81. The Morgan fingerprint density at radius 1 is 0.400 bits per heavy atom. The van der Waals surface area contributed by atoms with Crippen LogP contribution in [0, 0.1) is 0 Å². The molecule has 1 heteroatoms. The number of rotatable bonds is 3. The molecular weight excluding hydrogens is 299 g/mol. The SMILES string of the molecule is [B]c1cc(-c2ccccc2)c(-c2ccccc2)cc1-c1ccccc1. The zero-order valence-electron chi connectivity index (χ0n) is 13.9. The predicted octanol–water partition coefficient (Wildman–Crippen LogP) is 5.48. The van der Waals surface area contributed by atoms with Crippen molar-refractivity contribution in [3.8, 4) is 33.4 Å². The molecule has 0 bridgehead atoms. The average Bonchev–Trinajstić information content (AvgIpc) is 2.70. The minimum absolute atomic E-state index is 0.796. The maximum Gasteiger partial charge on any atom is 0.114 e. The largest absolute Gasteiger partial charge is 0.114 e. The molecule has 4 aromatic rings. The molecule has 0 aliphatic heterocycles. The third kappa shape index (κ3) is 3.14. The van der Waals surface area contributed by atoms with Gasteiger partial charge in [0.2, 0.25) is 0 Å². The summed E-state index contributed by atoms with van der Waals surface area (Å²) in [5.74, 6) is 0. The molecule has 0 nitrogen and oxygen atoms in total. The standard InChI is InChI=1S/C24H17B/c25-24-17-22(19-12-6-2-7-13-19)21(18-10-4-1-5-11-18)16-23(24)20-14-8-3-9-15-20/h1-17H. The topological polar surface area (TPSA) is 0 Å². The summed E-state index contributed by atoms with van der Waals surface area (Å²) >= 11 is 0. The molecule has 2 radical (unpaired) electrons. The average molecular weight is 316 g/mol. The van der Waals surface area contributed by atoms with Crippen LogP contribution in [-0.2, 0) is 0 Å². The highest BCUT2D eigenvalue weighted by molar-refractivity contribution is 6.36. The summed E-state index contributed by atoms with van der Waals surface area (Å²) in [6.45, 7) is 0. The molecule has 0 saturated heterocycles. The summed E-state index contributed by atoms with van der Waals surface area (Å²) in [5, 5.41) is 0. The van der Waals surface area contributed by atoms with E-state index in [2.05, 4.69) is 72.8 Å². The molecule has 4 aromatic carbocycles. The van der Waals surface area contributed by atoms with Crippen LogP contribution < -0.4 is 5.46 Å². The van der Waals surface area contributed by atoms with E-state index in [0.717, 1.165) is 22.2 Å². The van der Waals surface area contributed by atoms with E-state index in [0.29, 0.717) is 0 Å². The van der Waals surface area contributed by atoms with Gasteiger partial charge in [-0.1, -0.05) is 103 Å². The van der Waals surface area contributed by atoms with Crippen molar-refractivity contribution >= 4 is 13.3 Å². The summed E-state index contributed by atoms with van der Waals surface area (Å²) in [6, 6.07) is 35.5. The molecule has 0 spiro atoms. The second kappa shape index (κ2) is 6.82. The summed E-state index contributed by atoms with van der Waals surface area (Å²) in [6.07, 6.45) is 0. The fraction of sp³-hybridized carbons (Fsp3) is 0. The van der Waals surface area contributed by atoms with Gasteiger partial charge in [-0.3, -0.25) is 0 Å². The highest BCUT2D eigenvalue weighted by atomic mass is 14.1. The van der Waals surface area contributed by atoms with Crippen LogP contribution in [0.25, 0.3) is 33.4 Å². The third-order valence-electron chi connectivity index (χ3n) is 4.44. The van der Waals surface area contributed by atoms with Crippen molar-refractivity contribution in [2.24, 2.45) is 0 Å². The van der Waals surface area contributed by atoms with Crippen molar-refractivity contribution in [3.63, 3.8) is 0 Å². The van der Waals surface area contributed by atoms with E-state index >= 15 is 0 Å². The molecule has 4 rings (SSSR count). The monoisotopic (exact) mass is 316 g/mol. The summed E-state index contributed by atoms with van der Waals surface area (Å²) in [7, 11) is 6.44. The van der Waals surface area contributed by atoms with E-state index in [9.17, 15) is 0 Å². The smallest absolute Gasteiger partial charge is 0.0883 e. The molecule has 0 atom stereocenters. The fourth-order valence-corrected chi connectivity index (χ4v) is 3.20. The Morgan fingerprint density at radius 3 is 1.20 bits per heavy atom. The molecule has 116 valence electrons. The Balaban J connectivity index is 1.98. The van der Waals surface area contributed by atoms with Gasteiger partial charge >= 0.3 is 0 Å². The number of benzene rings is 4. The van der Waals surface area contributed by atoms with Gasteiger partial charge < -0.3 is 0 Å². The highest BCUT2D eigenvalue weighted by Crippen LogP contribution is 2.34. The maximum atomic E-state index is 6.44. The minimum atomic E-state index is 0.796. The van der Waals surface area contributed by atoms with Crippen molar-refractivity contribution < 1.29 is 0 Å². The lowest BCUT2D eigenvalue weighted by Crippen LogP contribution is -2.08. The molecule has 0 unspecified atom stereocenters. The van der Waals surface area contributed by atoms with E-state index in [1.54, 1.807) is 0 Å². The van der Waals surface area contributed by atoms with Gasteiger partial charge in [0.15, 0.2) is 0 Å². The molecule has 0 heterocycles. The Labute approximate surface area is 150 Å². The number of hydrogen-bond acceptors (Lipinski definition) is 0. The maximum absolute atomic E-state index is 6.44. The zero-order chi connectivity index (χ0) is 17.1. The van der Waals surface area contributed by atoms with Crippen LogP contribution in [0.1, 0.15) is 0 Å². The first-order chi connectivity index (χ1) is 12.3. The van der Waals surface area contributed by atoms with Gasteiger partial charge in [-0.25, -0.2) is 0 Å². The van der Waals surface area contributed by atoms with Gasteiger partial charge in [-0.2, -0.15) is 0 Å². The second-order valence-corrected chi connectivity index (χ2v) is 6.08. The normalized spacial score (nSPS) is 10.6. The second-order valence-electron chi connectivity index (χ2n) is 6.08. The van der Waals surface area contributed by atoms with Crippen LogP contribution in [0.3, 0.4) is 0 Å². The molecule has 0 fully saturated rings. The van der Waals surface area contributed by atoms with E-state index in [4.69, 9.17) is 7.85 Å². The summed E-state index contributed by atoms with van der Waals surface area (Å²) < 4.78 is 0. The molecule has 0 aliphatic carbocycles. The Morgan fingerprint density at radius 2 is 0.760 bits per heavy atom. The van der Waals surface area contributed by atoms with E-state index in [1.807, 2.05) is 30.3 Å². The molecule has 0 amide bonds. The fourth-order valence-electron chi connectivity index (χ4n) is 3.20. The third-order valence-corrected chi connectivity index (χ3v) is 4.44. The molecule has 0 N–H and O–H groups in total. The molecular formula is C24H17B. The van der Waals surface area contributed by atoms with E-state index in [-0.39, 0.29) is 0 Å². The molecule has 0 saturated carbocycles. The van der Waals surface area contributed by atoms with Crippen LogP contribution in [0.5, 0.6) is 0 Å². The van der Waals surface area contributed by atoms with E-state index < -0.39 is 0 Å². The quantitative estimate of drug-likeness (QED) is 0.439. The molecule has 0 aromatic heterocycles. The zero-order valence-corrected chi connectivity index (χ0v) is 13.9. The van der Waals surface area contributed by atoms with Gasteiger partial charge in [-0.05, 0) is 39.4 Å². The van der Waals surface area contributed by atoms with Crippen LogP contribution in [-0.4, -0.2) is 7.85 Å². The molecule has 25 heavy (non-hydrogen) atoms.